The zero-order valence-corrected chi connectivity index (χ0v) is 16.0. The van der Waals surface area contributed by atoms with Crippen LogP contribution in [-0.2, 0) is 6.42 Å². The predicted molar refractivity (Wildman–Crippen MR) is 106 cm³/mol. The minimum atomic E-state index is 0.319. The molecule has 0 radical (unpaired) electrons. The second-order valence-electron chi connectivity index (χ2n) is 9.35. The first-order chi connectivity index (χ1) is 13.3. The molecule has 2 heteroatoms. The first-order valence-electron chi connectivity index (χ1n) is 10.8. The van der Waals surface area contributed by atoms with Crippen LogP contribution in [0.2, 0.25) is 0 Å². The molecule has 3 fully saturated rings. The van der Waals surface area contributed by atoms with E-state index in [4.69, 9.17) is 9.15 Å². The third-order valence-electron chi connectivity index (χ3n) is 7.70. The van der Waals surface area contributed by atoms with Crippen LogP contribution in [0, 0.1) is 11.3 Å². The maximum Gasteiger partial charge on any atom is 0.120 e. The highest BCUT2D eigenvalue weighted by molar-refractivity contribution is 5.39. The molecular weight excluding hydrogens is 332 g/mol. The van der Waals surface area contributed by atoms with Crippen molar-refractivity contribution in [2.45, 2.75) is 69.8 Å². The zero-order valence-electron chi connectivity index (χ0n) is 16.0. The fourth-order valence-electron chi connectivity index (χ4n) is 5.74. The maximum absolute atomic E-state index is 6.66. The number of ether oxygens (including phenoxy) is 1. The Hall–Kier alpha value is -1.96. The summed E-state index contributed by atoms with van der Waals surface area (Å²) in [4.78, 5) is 0. The van der Waals surface area contributed by atoms with E-state index in [1.54, 1.807) is 17.4 Å². The first-order valence-corrected chi connectivity index (χ1v) is 10.8. The van der Waals surface area contributed by atoms with Gasteiger partial charge in [0.1, 0.15) is 17.6 Å². The van der Waals surface area contributed by atoms with E-state index in [0.29, 0.717) is 17.4 Å². The lowest BCUT2D eigenvalue weighted by Gasteiger charge is -2.28. The minimum absolute atomic E-state index is 0.319. The highest BCUT2D eigenvalue weighted by Crippen LogP contribution is 2.75. The van der Waals surface area contributed by atoms with Crippen molar-refractivity contribution in [2.24, 2.45) is 11.3 Å². The Bertz CT molecular complexity index is 861. The summed E-state index contributed by atoms with van der Waals surface area (Å²) in [7, 11) is 0. The molecule has 5 aliphatic carbocycles. The van der Waals surface area contributed by atoms with Crippen LogP contribution in [-0.4, -0.2) is 6.10 Å². The molecular formula is C25H28O2. The second-order valence-corrected chi connectivity index (χ2v) is 9.35. The van der Waals surface area contributed by atoms with Gasteiger partial charge < -0.3 is 9.15 Å². The van der Waals surface area contributed by atoms with E-state index < -0.39 is 0 Å². The van der Waals surface area contributed by atoms with Gasteiger partial charge in [0.05, 0.1) is 6.26 Å². The standard InChI is InChI=1S/C25H28O2/c1-3-19(23-16-25(23)10-11-25)13-22(4-1)27-24-15-20(14-21-5-2-12-26-21)17-6-8-18(24)9-7-17/h1-5,12-13,18,23-24H,6-11,14-16H2. The van der Waals surface area contributed by atoms with Crippen LogP contribution in [0.5, 0.6) is 5.75 Å². The molecule has 1 spiro atoms. The largest absolute Gasteiger partial charge is 0.490 e. The lowest BCUT2D eigenvalue weighted by molar-refractivity contribution is 0.122. The van der Waals surface area contributed by atoms with Crippen molar-refractivity contribution in [3.05, 3.63) is 65.1 Å². The highest BCUT2D eigenvalue weighted by Gasteiger charge is 2.62. The molecule has 0 aliphatic heterocycles. The zero-order chi connectivity index (χ0) is 17.8. The Morgan fingerprint density at radius 2 is 1.96 bits per heavy atom. The van der Waals surface area contributed by atoms with Gasteiger partial charge in [-0.25, -0.2) is 0 Å². The molecule has 1 aromatic carbocycles. The van der Waals surface area contributed by atoms with E-state index in [2.05, 4.69) is 30.3 Å². The summed E-state index contributed by atoms with van der Waals surface area (Å²) in [6, 6.07) is 13.1. The molecule has 0 amide bonds. The van der Waals surface area contributed by atoms with Gasteiger partial charge >= 0.3 is 0 Å². The number of hydrogen-bond acceptors (Lipinski definition) is 2. The fraction of sp³-hybridized carbons (Fsp3) is 0.520. The molecule has 3 saturated carbocycles. The van der Waals surface area contributed by atoms with Crippen molar-refractivity contribution in [1.82, 2.24) is 0 Å². The molecule has 27 heavy (non-hydrogen) atoms. The summed E-state index contributed by atoms with van der Waals surface area (Å²) in [6.07, 6.45) is 13.5. The van der Waals surface area contributed by atoms with Crippen LogP contribution in [0.15, 0.2) is 58.2 Å². The summed E-state index contributed by atoms with van der Waals surface area (Å²) in [5.74, 6) is 3.69. The van der Waals surface area contributed by atoms with Gasteiger partial charge in [0.25, 0.3) is 0 Å². The van der Waals surface area contributed by atoms with Gasteiger partial charge in [-0.3, -0.25) is 0 Å². The molecule has 2 nitrogen and oxygen atoms in total. The smallest absolute Gasteiger partial charge is 0.120 e. The van der Waals surface area contributed by atoms with Gasteiger partial charge in [-0.1, -0.05) is 23.3 Å². The number of benzene rings is 1. The maximum atomic E-state index is 6.66. The molecule has 5 aliphatic rings. The highest BCUT2D eigenvalue weighted by atomic mass is 16.5. The fourth-order valence-corrected chi connectivity index (χ4v) is 5.74. The summed E-state index contributed by atoms with van der Waals surface area (Å²) in [5, 5.41) is 0. The van der Waals surface area contributed by atoms with Crippen LogP contribution in [0.25, 0.3) is 0 Å². The number of fused-ring (bicyclic) bond motifs is 4. The Balaban J connectivity index is 1.22. The molecule has 0 saturated heterocycles. The van der Waals surface area contributed by atoms with E-state index in [-0.39, 0.29) is 0 Å². The first kappa shape index (κ1) is 16.0. The molecule has 2 aromatic rings. The van der Waals surface area contributed by atoms with E-state index in [1.807, 2.05) is 6.07 Å². The number of furan rings is 1. The molecule has 2 unspecified atom stereocenters. The van der Waals surface area contributed by atoms with Crippen molar-refractivity contribution in [3.63, 3.8) is 0 Å². The lowest BCUT2D eigenvalue weighted by atomic mass is 9.85. The Morgan fingerprint density at radius 1 is 1.07 bits per heavy atom. The summed E-state index contributed by atoms with van der Waals surface area (Å²) in [6.45, 7) is 0. The monoisotopic (exact) mass is 360 g/mol. The van der Waals surface area contributed by atoms with Crippen LogP contribution in [0.4, 0.5) is 0 Å². The van der Waals surface area contributed by atoms with E-state index in [0.717, 1.165) is 30.3 Å². The van der Waals surface area contributed by atoms with Gasteiger partial charge in [0, 0.05) is 12.8 Å². The third kappa shape index (κ3) is 2.94. The normalized spacial score (nSPS) is 30.4. The summed E-state index contributed by atoms with van der Waals surface area (Å²) in [5.41, 5.74) is 5.47. The Morgan fingerprint density at radius 3 is 2.70 bits per heavy atom. The molecule has 140 valence electrons. The number of rotatable bonds is 5. The quantitative estimate of drug-likeness (QED) is 0.573. The van der Waals surface area contributed by atoms with Gasteiger partial charge in [-0.05, 0) is 92.0 Å². The predicted octanol–water partition coefficient (Wildman–Crippen LogP) is 6.43. The van der Waals surface area contributed by atoms with Gasteiger partial charge in [0.15, 0.2) is 0 Å². The summed E-state index contributed by atoms with van der Waals surface area (Å²) >= 11 is 0. The van der Waals surface area contributed by atoms with Crippen molar-refractivity contribution in [1.29, 1.82) is 0 Å². The van der Waals surface area contributed by atoms with Gasteiger partial charge in [0.2, 0.25) is 0 Å². The Labute approximate surface area is 161 Å². The minimum Gasteiger partial charge on any atom is -0.490 e. The number of hydrogen-bond donors (Lipinski definition) is 0. The van der Waals surface area contributed by atoms with Crippen molar-refractivity contribution < 1.29 is 9.15 Å². The van der Waals surface area contributed by atoms with E-state index >= 15 is 0 Å². The molecule has 7 rings (SSSR count). The average molecular weight is 360 g/mol. The van der Waals surface area contributed by atoms with Crippen LogP contribution >= 0.6 is 0 Å². The van der Waals surface area contributed by atoms with Gasteiger partial charge in [-0.2, -0.15) is 0 Å². The van der Waals surface area contributed by atoms with Crippen molar-refractivity contribution in [3.8, 4) is 5.75 Å². The van der Waals surface area contributed by atoms with Crippen molar-refractivity contribution in [2.75, 3.05) is 0 Å². The van der Waals surface area contributed by atoms with E-state index in [9.17, 15) is 0 Å². The molecule has 2 atom stereocenters. The molecule has 1 heterocycles. The lowest BCUT2D eigenvalue weighted by Crippen LogP contribution is -2.27. The van der Waals surface area contributed by atoms with Crippen LogP contribution in [0.3, 0.4) is 0 Å². The SMILES string of the molecule is c1cc(OC2CC(Cc3ccco3)=C3CCC2CC3)cc(C2CC23CC3)c1. The topological polar surface area (TPSA) is 22.4 Å². The summed E-state index contributed by atoms with van der Waals surface area (Å²) < 4.78 is 12.3. The number of allylic oxidation sites excluding steroid dienone is 1. The van der Waals surface area contributed by atoms with Crippen LogP contribution in [0.1, 0.15) is 68.6 Å². The second kappa shape index (κ2) is 6.02. The van der Waals surface area contributed by atoms with E-state index in [1.165, 1.54) is 50.5 Å². The Kier molecular flexibility index (Phi) is 3.58. The van der Waals surface area contributed by atoms with Crippen LogP contribution < -0.4 is 4.74 Å². The average Bonchev–Trinajstić information content (AvgIpc) is 3.60. The van der Waals surface area contributed by atoms with Crippen molar-refractivity contribution >= 4 is 0 Å². The third-order valence-corrected chi connectivity index (χ3v) is 7.70. The van der Waals surface area contributed by atoms with Gasteiger partial charge in [-0.15, -0.1) is 0 Å². The molecule has 0 N–H and O–H groups in total. The molecule has 1 aromatic heterocycles. The molecule has 2 bridgehead atoms.